The molecule has 0 unspecified atom stereocenters. The summed E-state index contributed by atoms with van der Waals surface area (Å²) in [6, 6.07) is 7.09. The molecule has 1 atom stereocenters. The Morgan fingerprint density at radius 1 is 1.48 bits per heavy atom. The van der Waals surface area contributed by atoms with Gasteiger partial charge in [0, 0.05) is 22.4 Å². The summed E-state index contributed by atoms with van der Waals surface area (Å²) in [6.45, 7) is 2.25. The monoisotopic (exact) mass is 398 g/mol. The SMILES string of the molecule is CCCOC(=O)CSC1=C(C#N)[C@@H](c2ccc(Cl)cc2Cl)CC(=O)N1. The molecule has 0 saturated carbocycles. The van der Waals surface area contributed by atoms with Crippen LogP contribution < -0.4 is 5.32 Å². The summed E-state index contributed by atoms with van der Waals surface area (Å²) in [5.74, 6) is -1.09. The molecule has 1 aliphatic heterocycles. The molecule has 0 fully saturated rings. The number of halogens is 2. The van der Waals surface area contributed by atoms with E-state index >= 15 is 0 Å². The first-order valence-electron chi connectivity index (χ1n) is 7.63. The fraction of sp³-hybridized carbons (Fsp3) is 0.353. The van der Waals surface area contributed by atoms with E-state index in [9.17, 15) is 14.9 Å². The Bertz CT molecular complexity index is 759. The predicted octanol–water partition coefficient (Wildman–Crippen LogP) is 4.02. The quantitative estimate of drug-likeness (QED) is 0.731. The molecule has 1 aliphatic rings. The molecule has 1 N–H and O–H groups in total. The molecule has 0 spiro atoms. The Kier molecular flexibility index (Phi) is 7.18. The summed E-state index contributed by atoms with van der Waals surface area (Å²) >= 11 is 13.2. The van der Waals surface area contributed by atoms with E-state index in [-0.39, 0.29) is 18.1 Å². The fourth-order valence-corrected chi connectivity index (χ4v) is 3.79. The van der Waals surface area contributed by atoms with Crippen LogP contribution in [0.1, 0.15) is 31.2 Å². The van der Waals surface area contributed by atoms with Gasteiger partial charge in [0.2, 0.25) is 5.91 Å². The molecule has 1 aromatic rings. The number of hydrogen-bond acceptors (Lipinski definition) is 5. The zero-order valence-electron chi connectivity index (χ0n) is 13.5. The van der Waals surface area contributed by atoms with E-state index in [1.54, 1.807) is 18.2 Å². The number of esters is 1. The average molecular weight is 399 g/mol. The molecular weight excluding hydrogens is 383 g/mol. The summed E-state index contributed by atoms with van der Waals surface area (Å²) in [6.07, 6.45) is 0.838. The van der Waals surface area contributed by atoms with E-state index in [1.165, 1.54) is 0 Å². The van der Waals surface area contributed by atoms with Crippen molar-refractivity contribution in [2.45, 2.75) is 25.7 Å². The topological polar surface area (TPSA) is 79.2 Å². The highest BCUT2D eigenvalue weighted by Crippen LogP contribution is 2.39. The Balaban J connectivity index is 2.26. The Hall–Kier alpha value is -1.68. The lowest BCUT2D eigenvalue weighted by Crippen LogP contribution is -2.31. The van der Waals surface area contributed by atoms with Crippen molar-refractivity contribution in [1.82, 2.24) is 5.32 Å². The van der Waals surface area contributed by atoms with E-state index in [2.05, 4.69) is 11.4 Å². The lowest BCUT2D eigenvalue weighted by atomic mass is 9.87. The van der Waals surface area contributed by atoms with Crippen molar-refractivity contribution in [3.8, 4) is 6.07 Å². The minimum atomic E-state index is -0.474. The number of nitrogens with one attached hydrogen (secondary N) is 1. The van der Waals surface area contributed by atoms with Gasteiger partial charge in [-0.3, -0.25) is 9.59 Å². The molecule has 0 aliphatic carbocycles. The number of hydrogen-bond donors (Lipinski definition) is 1. The second kappa shape index (κ2) is 9.14. The summed E-state index contributed by atoms with van der Waals surface area (Å²) in [5.41, 5.74) is 1.03. The molecule has 1 heterocycles. The number of rotatable bonds is 6. The van der Waals surface area contributed by atoms with Crippen LogP contribution in [0.15, 0.2) is 28.8 Å². The maximum absolute atomic E-state index is 12.1. The van der Waals surface area contributed by atoms with Crippen LogP contribution in [0.25, 0.3) is 0 Å². The number of nitriles is 1. The van der Waals surface area contributed by atoms with E-state index < -0.39 is 11.9 Å². The first-order chi connectivity index (χ1) is 12.0. The van der Waals surface area contributed by atoms with Crippen LogP contribution >= 0.6 is 35.0 Å². The summed E-state index contributed by atoms with van der Waals surface area (Å²) in [5, 5.41) is 13.5. The van der Waals surface area contributed by atoms with Gasteiger partial charge in [-0.2, -0.15) is 5.26 Å². The first kappa shape index (κ1) is 19.6. The molecule has 0 aromatic heterocycles. The van der Waals surface area contributed by atoms with Gasteiger partial charge in [-0.1, -0.05) is 48.0 Å². The molecule has 5 nitrogen and oxygen atoms in total. The van der Waals surface area contributed by atoms with Crippen LogP contribution in [-0.4, -0.2) is 24.2 Å². The summed E-state index contributed by atoms with van der Waals surface area (Å²) in [4.78, 5) is 23.7. The van der Waals surface area contributed by atoms with E-state index in [0.29, 0.717) is 32.8 Å². The van der Waals surface area contributed by atoms with Crippen molar-refractivity contribution in [3.63, 3.8) is 0 Å². The number of ether oxygens (including phenoxy) is 1. The van der Waals surface area contributed by atoms with E-state index in [4.69, 9.17) is 27.9 Å². The standard InChI is InChI=1S/C17H16Cl2N2O3S/c1-2-5-24-16(23)9-25-17-13(8-20)12(7-15(22)21-17)11-4-3-10(18)6-14(11)19/h3-4,6,12H,2,5,7,9H2,1H3,(H,21,22)/t12-/m1/s1. The number of benzene rings is 1. The predicted molar refractivity (Wildman–Crippen MR) is 98.3 cm³/mol. The van der Waals surface area contributed by atoms with Gasteiger partial charge in [0.05, 0.1) is 29.0 Å². The Labute approximate surface area is 160 Å². The van der Waals surface area contributed by atoms with Gasteiger partial charge in [0.1, 0.15) is 0 Å². The molecule has 1 amide bonds. The van der Waals surface area contributed by atoms with Gasteiger partial charge < -0.3 is 10.1 Å². The third kappa shape index (κ3) is 5.15. The van der Waals surface area contributed by atoms with Gasteiger partial charge >= 0.3 is 5.97 Å². The van der Waals surface area contributed by atoms with Crippen LogP contribution in [0.4, 0.5) is 0 Å². The van der Waals surface area contributed by atoms with Crippen LogP contribution in [0.3, 0.4) is 0 Å². The molecular formula is C17H16Cl2N2O3S. The highest BCUT2D eigenvalue weighted by molar-refractivity contribution is 8.03. The van der Waals surface area contributed by atoms with Crippen molar-refractivity contribution in [1.29, 1.82) is 5.26 Å². The van der Waals surface area contributed by atoms with Gasteiger partial charge in [0.25, 0.3) is 0 Å². The van der Waals surface area contributed by atoms with Crippen molar-refractivity contribution in [2.24, 2.45) is 0 Å². The lowest BCUT2D eigenvalue weighted by Gasteiger charge is -2.25. The second-order valence-electron chi connectivity index (χ2n) is 5.33. The highest BCUT2D eigenvalue weighted by Gasteiger charge is 2.31. The highest BCUT2D eigenvalue weighted by atomic mass is 35.5. The maximum atomic E-state index is 12.1. The molecule has 25 heavy (non-hydrogen) atoms. The minimum absolute atomic E-state index is 0.0157. The molecule has 132 valence electrons. The third-order valence-electron chi connectivity index (χ3n) is 3.50. The number of nitrogens with zero attached hydrogens (tertiary/aromatic N) is 1. The average Bonchev–Trinajstić information content (AvgIpc) is 2.57. The molecule has 8 heteroatoms. The number of allylic oxidation sites excluding steroid dienone is 1. The Morgan fingerprint density at radius 2 is 2.24 bits per heavy atom. The zero-order valence-corrected chi connectivity index (χ0v) is 15.8. The van der Waals surface area contributed by atoms with E-state index in [1.807, 2.05) is 6.92 Å². The maximum Gasteiger partial charge on any atom is 0.316 e. The first-order valence-corrected chi connectivity index (χ1v) is 9.37. The Morgan fingerprint density at radius 3 is 2.88 bits per heavy atom. The van der Waals surface area contributed by atoms with E-state index in [0.717, 1.165) is 18.2 Å². The molecule has 1 aromatic carbocycles. The molecule has 0 bridgehead atoms. The summed E-state index contributed by atoms with van der Waals surface area (Å²) in [7, 11) is 0. The number of thioether (sulfide) groups is 1. The summed E-state index contributed by atoms with van der Waals surface area (Å²) < 4.78 is 5.01. The van der Waals surface area contributed by atoms with Crippen LogP contribution in [0, 0.1) is 11.3 Å². The number of carbonyl (C=O) groups excluding carboxylic acids is 2. The molecule has 0 radical (unpaired) electrons. The minimum Gasteiger partial charge on any atom is -0.465 e. The smallest absolute Gasteiger partial charge is 0.316 e. The fourth-order valence-electron chi connectivity index (χ4n) is 2.37. The second-order valence-corrected chi connectivity index (χ2v) is 7.16. The zero-order chi connectivity index (χ0) is 18.4. The van der Waals surface area contributed by atoms with Crippen LogP contribution in [0.5, 0.6) is 0 Å². The van der Waals surface area contributed by atoms with Crippen molar-refractivity contribution in [3.05, 3.63) is 44.4 Å². The van der Waals surface area contributed by atoms with Crippen LogP contribution in [-0.2, 0) is 14.3 Å². The number of amides is 1. The molecule has 2 rings (SSSR count). The van der Waals surface area contributed by atoms with Crippen LogP contribution in [0.2, 0.25) is 10.0 Å². The van der Waals surface area contributed by atoms with Gasteiger partial charge in [-0.25, -0.2) is 0 Å². The van der Waals surface area contributed by atoms with Crippen molar-refractivity contribution >= 4 is 46.8 Å². The van der Waals surface area contributed by atoms with Gasteiger partial charge in [0.15, 0.2) is 0 Å². The largest absolute Gasteiger partial charge is 0.465 e. The lowest BCUT2D eigenvalue weighted by molar-refractivity contribution is -0.140. The number of carbonyl (C=O) groups is 2. The van der Waals surface area contributed by atoms with Crippen molar-refractivity contribution < 1.29 is 14.3 Å². The molecule has 0 saturated heterocycles. The van der Waals surface area contributed by atoms with Crippen molar-refractivity contribution in [2.75, 3.05) is 12.4 Å². The third-order valence-corrected chi connectivity index (χ3v) is 5.05. The van der Waals surface area contributed by atoms with Gasteiger partial charge in [-0.05, 0) is 24.1 Å². The van der Waals surface area contributed by atoms with Gasteiger partial charge in [-0.15, -0.1) is 0 Å². The normalized spacial score (nSPS) is 17.0.